The molecule has 1 aliphatic heterocycles. The van der Waals surface area contributed by atoms with E-state index in [9.17, 15) is 19.2 Å². The molecular formula is C26H41N5O4. The van der Waals surface area contributed by atoms with Gasteiger partial charge in [0.15, 0.2) is 0 Å². The van der Waals surface area contributed by atoms with E-state index in [0.717, 1.165) is 80.1 Å². The summed E-state index contributed by atoms with van der Waals surface area (Å²) in [6, 6.07) is 0. The van der Waals surface area contributed by atoms with Crippen molar-refractivity contribution in [2.75, 3.05) is 19.6 Å². The van der Waals surface area contributed by atoms with Crippen molar-refractivity contribution < 1.29 is 0 Å². The first kappa shape index (κ1) is 26.9. The number of aromatic nitrogens is 4. The fraction of sp³-hybridized carbons (Fsp3) is 0.692. The van der Waals surface area contributed by atoms with Crippen LogP contribution in [0.5, 0.6) is 0 Å². The van der Waals surface area contributed by atoms with Gasteiger partial charge in [0.25, 0.3) is 11.1 Å². The molecule has 3 heterocycles. The molecule has 0 N–H and O–H groups in total. The Kier molecular flexibility index (Phi) is 9.10. The van der Waals surface area contributed by atoms with Crippen molar-refractivity contribution in [2.45, 2.75) is 85.2 Å². The second kappa shape index (κ2) is 11.8. The summed E-state index contributed by atoms with van der Waals surface area (Å²) in [6.07, 6.45) is 8.07. The van der Waals surface area contributed by atoms with Crippen molar-refractivity contribution in [3.63, 3.8) is 0 Å². The average Bonchev–Trinajstić information content (AvgIpc) is 2.84. The quantitative estimate of drug-likeness (QED) is 0.615. The molecule has 0 aliphatic carbocycles. The van der Waals surface area contributed by atoms with Crippen LogP contribution in [-0.4, -0.2) is 42.8 Å². The van der Waals surface area contributed by atoms with Crippen LogP contribution >= 0.6 is 0 Å². The number of rotatable bonds is 1. The molecule has 1 aliphatic rings. The third kappa shape index (κ3) is 5.60. The molecule has 0 atom stereocenters. The SMILES string of the molecule is CCN1CCCCCCn2c(C)c(c(=O)n(C)c2=O)-c2c(C)n(c(=O)n(C)c2=O)CCCCCC1. The maximum atomic E-state index is 13.3. The molecule has 0 radical (unpaired) electrons. The molecule has 2 aromatic heterocycles. The van der Waals surface area contributed by atoms with E-state index in [4.69, 9.17) is 0 Å². The predicted octanol–water partition coefficient (Wildman–Crippen LogP) is 2.15. The normalized spacial score (nSPS) is 16.9. The molecule has 9 nitrogen and oxygen atoms in total. The first-order chi connectivity index (χ1) is 16.7. The largest absolute Gasteiger partial charge is 0.330 e. The molecule has 194 valence electrons. The van der Waals surface area contributed by atoms with Gasteiger partial charge in [0.05, 0.1) is 11.1 Å². The summed E-state index contributed by atoms with van der Waals surface area (Å²) in [7, 11) is 2.91. The van der Waals surface area contributed by atoms with Crippen molar-refractivity contribution in [3.8, 4) is 11.1 Å². The van der Waals surface area contributed by atoms with E-state index in [1.165, 1.54) is 14.1 Å². The topological polar surface area (TPSA) is 91.2 Å². The van der Waals surface area contributed by atoms with Gasteiger partial charge in [0.2, 0.25) is 0 Å². The average molecular weight is 488 g/mol. The Morgan fingerprint density at radius 1 is 0.571 bits per heavy atom. The summed E-state index contributed by atoms with van der Waals surface area (Å²) < 4.78 is 5.38. The van der Waals surface area contributed by atoms with Crippen LogP contribution in [0.15, 0.2) is 19.2 Å². The van der Waals surface area contributed by atoms with E-state index in [-0.39, 0.29) is 22.5 Å². The first-order valence-electron chi connectivity index (χ1n) is 13.0. The maximum absolute atomic E-state index is 13.3. The van der Waals surface area contributed by atoms with E-state index < -0.39 is 11.1 Å². The lowest BCUT2D eigenvalue weighted by molar-refractivity contribution is 0.273. The highest BCUT2D eigenvalue weighted by Gasteiger charge is 2.23. The molecule has 0 spiro atoms. The van der Waals surface area contributed by atoms with Crippen molar-refractivity contribution in [3.05, 3.63) is 53.1 Å². The molecule has 4 bridgehead atoms. The highest BCUT2D eigenvalue weighted by molar-refractivity contribution is 5.66. The predicted molar refractivity (Wildman–Crippen MR) is 139 cm³/mol. The number of hydrogen-bond acceptors (Lipinski definition) is 5. The van der Waals surface area contributed by atoms with Gasteiger partial charge in [-0.25, -0.2) is 9.59 Å². The van der Waals surface area contributed by atoms with Gasteiger partial charge in [-0.3, -0.25) is 27.9 Å². The van der Waals surface area contributed by atoms with Gasteiger partial charge in [-0.2, -0.15) is 0 Å². The third-order valence-corrected chi connectivity index (χ3v) is 7.52. The Bertz CT molecular complexity index is 1180. The van der Waals surface area contributed by atoms with E-state index in [2.05, 4.69) is 11.8 Å². The molecule has 0 saturated carbocycles. The molecule has 9 heteroatoms. The maximum Gasteiger partial charge on any atom is 0.330 e. The van der Waals surface area contributed by atoms with Crippen LogP contribution in [-0.2, 0) is 27.2 Å². The lowest BCUT2D eigenvalue weighted by Gasteiger charge is -2.20. The van der Waals surface area contributed by atoms with E-state index >= 15 is 0 Å². The molecule has 0 aromatic carbocycles. The van der Waals surface area contributed by atoms with Gasteiger partial charge >= 0.3 is 11.4 Å². The molecule has 3 rings (SSSR count). The van der Waals surface area contributed by atoms with E-state index in [0.29, 0.717) is 24.5 Å². The Labute approximate surface area is 206 Å². The van der Waals surface area contributed by atoms with Gasteiger partial charge in [0, 0.05) is 38.6 Å². The zero-order valence-electron chi connectivity index (χ0n) is 22.1. The Morgan fingerprint density at radius 2 is 0.914 bits per heavy atom. The number of fused-ring (bicyclic) bond motifs is 5. The fourth-order valence-corrected chi connectivity index (χ4v) is 5.19. The van der Waals surface area contributed by atoms with Crippen LogP contribution in [0.3, 0.4) is 0 Å². The van der Waals surface area contributed by atoms with Crippen molar-refractivity contribution in [1.29, 1.82) is 0 Å². The van der Waals surface area contributed by atoms with Gasteiger partial charge in [0.1, 0.15) is 0 Å². The van der Waals surface area contributed by atoms with Crippen LogP contribution < -0.4 is 22.5 Å². The van der Waals surface area contributed by atoms with Crippen molar-refractivity contribution in [1.82, 2.24) is 23.2 Å². The summed E-state index contributed by atoms with van der Waals surface area (Å²) in [4.78, 5) is 55.0. The standard InChI is InChI=1S/C26H41N5O4/c1-6-29-15-11-7-9-13-17-30-19(2)21(23(32)27(4)25(30)34)22-20(3)31(18-14-10-8-12-16-29)26(35)28(5)24(22)33/h6-18H2,1-5H3. The Morgan fingerprint density at radius 3 is 1.26 bits per heavy atom. The second-order valence-electron chi connectivity index (χ2n) is 9.78. The van der Waals surface area contributed by atoms with Crippen molar-refractivity contribution in [2.24, 2.45) is 14.1 Å². The second-order valence-corrected chi connectivity index (χ2v) is 9.78. The summed E-state index contributed by atoms with van der Waals surface area (Å²) in [5.74, 6) is 0. The third-order valence-electron chi connectivity index (χ3n) is 7.52. The minimum atomic E-state index is -0.500. The number of hydrogen-bond donors (Lipinski definition) is 0. The van der Waals surface area contributed by atoms with E-state index in [1.54, 1.807) is 23.0 Å². The summed E-state index contributed by atoms with van der Waals surface area (Å²) in [6.45, 7) is 9.86. The highest BCUT2D eigenvalue weighted by atomic mass is 16.2. The van der Waals surface area contributed by atoms with Crippen LogP contribution in [0.2, 0.25) is 0 Å². The Balaban J connectivity index is 2.14. The monoisotopic (exact) mass is 487 g/mol. The van der Waals surface area contributed by atoms with Crippen LogP contribution in [0, 0.1) is 13.8 Å². The zero-order chi connectivity index (χ0) is 25.7. The summed E-state index contributed by atoms with van der Waals surface area (Å²) >= 11 is 0. The molecule has 0 amide bonds. The molecule has 35 heavy (non-hydrogen) atoms. The van der Waals surface area contributed by atoms with E-state index in [1.807, 2.05) is 0 Å². The fourth-order valence-electron chi connectivity index (χ4n) is 5.19. The summed E-state index contributed by atoms with van der Waals surface area (Å²) in [5.41, 5.74) is -0.341. The molecular weight excluding hydrogens is 446 g/mol. The van der Waals surface area contributed by atoms with Crippen molar-refractivity contribution >= 4 is 0 Å². The lowest BCUT2D eigenvalue weighted by Crippen LogP contribution is -2.44. The van der Waals surface area contributed by atoms with Crippen LogP contribution in [0.25, 0.3) is 11.1 Å². The smallest absolute Gasteiger partial charge is 0.304 e. The summed E-state index contributed by atoms with van der Waals surface area (Å²) in [5, 5.41) is 0. The van der Waals surface area contributed by atoms with Crippen LogP contribution in [0.4, 0.5) is 0 Å². The Hall–Kier alpha value is -2.68. The minimum absolute atomic E-state index is 0.218. The lowest BCUT2D eigenvalue weighted by atomic mass is 10.0. The molecule has 0 unspecified atom stereocenters. The molecule has 0 saturated heterocycles. The molecule has 2 aromatic rings. The van der Waals surface area contributed by atoms with Gasteiger partial charge in [-0.05, 0) is 59.2 Å². The molecule has 0 fully saturated rings. The first-order valence-corrected chi connectivity index (χ1v) is 13.0. The zero-order valence-corrected chi connectivity index (χ0v) is 22.1. The van der Waals surface area contributed by atoms with Crippen LogP contribution in [0.1, 0.15) is 69.7 Å². The minimum Gasteiger partial charge on any atom is -0.304 e. The number of nitrogens with zero attached hydrogens (tertiary/aromatic N) is 5. The van der Waals surface area contributed by atoms with Gasteiger partial charge in [-0.15, -0.1) is 0 Å². The highest BCUT2D eigenvalue weighted by Crippen LogP contribution is 2.19. The van der Waals surface area contributed by atoms with Gasteiger partial charge < -0.3 is 4.90 Å². The van der Waals surface area contributed by atoms with Gasteiger partial charge in [-0.1, -0.05) is 32.6 Å².